The van der Waals surface area contributed by atoms with Crippen molar-refractivity contribution in [3.8, 4) is 5.75 Å². The molecule has 0 aliphatic heterocycles. The molecule has 2 rings (SSSR count). The van der Waals surface area contributed by atoms with E-state index in [9.17, 15) is 0 Å². The number of nitrogens with one attached hydrogen (secondary N) is 2. The van der Waals surface area contributed by atoms with E-state index in [4.69, 9.17) is 14.5 Å². The standard InChI is InChI=1S/C21H35N3O2/c1-5-22-20(24-16-21(11-8-12-21)13-14-25-3)23-15-17(2)18-9-6-7-10-19(18)26-4/h6-7,9-10,17H,5,8,11-16H2,1-4H3,(H2,22,23,24). The number of para-hydroxylation sites is 1. The highest BCUT2D eigenvalue weighted by Crippen LogP contribution is 2.44. The van der Waals surface area contributed by atoms with E-state index in [-0.39, 0.29) is 0 Å². The molecule has 1 aliphatic carbocycles. The molecule has 1 fully saturated rings. The second kappa shape index (κ2) is 10.4. The first-order chi connectivity index (χ1) is 12.6. The summed E-state index contributed by atoms with van der Waals surface area (Å²) in [6.45, 7) is 7.68. The Labute approximate surface area is 158 Å². The van der Waals surface area contributed by atoms with Crippen LogP contribution in [0.4, 0.5) is 0 Å². The number of methoxy groups -OCH3 is 2. The van der Waals surface area contributed by atoms with Crippen molar-refractivity contribution in [3.63, 3.8) is 0 Å². The van der Waals surface area contributed by atoms with Crippen molar-refractivity contribution in [2.75, 3.05) is 40.5 Å². The number of hydrogen-bond donors (Lipinski definition) is 2. The molecule has 0 heterocycles. The normalized spacial score (nSPS) is 17.3. The summed E-state index contributed by atoms with van der Waals surface area (Å²) in [4.78, 5) is 4.88. The number of nitrogens with zero attached hydrogens (tertiary/aromatic N) is 1. The van der Waals surface area contributed by atoms with Crippen molar-refractivity contribution < 1.29 is 9.47 Å². The van der Waals surface area contributed by atoms with E-state index >= 15 is 0 Å². The molecule has 1 unspecified atom stereocenters. The van der Waals surface area contributed by atoms with Crippen molar-refractivity contribution in [2.24, 2.45) is 10.4 Å². The van der Waals surface area contributed by atoms with Gasteiger partial charge < -0.3 is 20.1 Å². The highest BCUT2D eigenvalue weighted by Gasteiger charge is 2.36. The van der Waals surface area contributed by atoms with E-state index in [1.807, 2.05) is 12.1 Å². The molecule has 5 nitrogen and oxygen atoms in total. The Morgan fingerprint density at radius 2 is 2.00 bits per heavy atom. The van der Waals surface area contributed by atoms with Gasteiger partial charge in [-0.25, -0.2) is 0 Å². The Kier molecular flexibility index (Phi) is 8.23. The summed E-state index contributed by atoms with van der Waals surface area (Å²) < 4.78 is 10.8. The summed E-state index contributed by atoms with van der Waals surface area (Å²) in [7, 11) is 3.50. The Morgan fingerprint density at radius 1 is 1.23 bits per heavy atom. The molecule has 2 N–H and O–H groups in total. The third-order valence-corrected chi connectivity index (χ3v) is 5.41. The Bertz CT molecular complexity index is 570. The summed E-state index contributed by atoms with van der Waals surface area (Å²) in [5.41, 5.74) is 1.56. The topological polar surface area (TPSA) is 54.9 Å². The lowest BCUT2D eigenvalue weighted by Crippen LogP contribution is -2.41. The third kappa shape index (κ3) is 5.63. The average molecular weight is 362 g/mol. The summed E-state index contributed by atoms with van der Waals surface area (Å²) in [5, 5.41) is 6.87. The molecule has 1 saturated carbocycles. The van der Waals surface area contributed by atoms with E-state index < -0.39 is 0 Å². The molecule has 26 heavy (non-hydrogen) atoms. The number of hydrogen-bond acceptors (Lipinski definition) is 3. The quantitative estimate of drug-likeness (QED) is 0.494. The van der Waals surface area contributed by atoms with E-state index in [1.165, 1.54) is 24.8 Å². The largest absolute Gasteiger partial charge is 0.496 e. The molecule has 0 spiro atoms. The van der Waals surface area contributed by atoms with Gasteiger partial charge in [0.2, 0.25) is 0 Å². The maximum Gasteiger partial charge on any atom is 0.191 e. The molecule has 1 aromatic rings. The van der Waals surface area contributed by atoms with Gasteiger partial charge in [-0.2, -0.15) is 0 Å². The van der Waals surface area contributed by atoms with Gasteiger partial charge >= 0.3 is 0 Å². The number of aliphatic imine (C=N–C) groups is 1. The second-order valence-corrected chi connectivity index (χ2v) is 7.32. The Hall–Kier alpha value is -1.75. The van der Waals surface area contributed by atoms with Crippen LogP contribution in [0.15, 0.2) is 29.3 Å². The summed E-state index contributed by atoms with van der Waals surface area (Å²) >= 11 is 0. The van der Waals surface area contributed by atoms with Gasteiger partial charge in [-0.3, -0.25) is 4.99 Å². The van der Waals surface area contributed by atoms with Gasteiger partial charge in [-0.05, 0) is 43.2 Å². The molecule has 146 valence electrons. The van der Waals surface area contributed by atoms with Gasteiger partial charge in [0.15, 0.2) is 5.96 Å². The smallest absolute Gasteiger partial charge is 0.191 e. The minimum Gasteiger partial charge on any atom is -0.496 e. The highest BCUT2D eigenvalue weighted by atomic mass is 16.5. The average Bonchev–Trinajstić information content (AvgIpc) is 2.64. The summed E-state index contributed by atoms with van der Waals surface area (Å²) in [6, 6.07) is 8.21. The molecular weight excluding hydrogens is 326 g/mol. The molecule has 0 saturated heterocycles. The zero-order valence-electron chi connectivity index (χ0n) is 16.8. The number of benzene rings is 1. The predicted octanol–water partition coefficient (Wildman–Crippen LogP) is 3.56. The lowest BCUT2D eigenvalue weighted by molar-refractivity contribution is 0.0778. The van der Waals surface area contributed by atoms with Crippen LogP contribution in [0.5, 0.6) is 5.75 Å². The Morgan fingerprint density at radius 3 is 2.62 bits per heavy atom. The molecule has 1 atom stereocenters. The number of guanidine groups is 1. The van der Waals surface area contributed by atoms with E-state index in [1.54, 1.807) is 14.2 Å². The first kappa shape index (κ1) is 20.6. The molecule has 0 aromatic heterocycles. The maximum absolute atomic E-state index is 5.49. The molecule has 5 heteroatoms. The fourth-order valence-corrected chi connectivity index (χ4v) is 3.50. The van der Waals surface area contributed by atoms with Gasteiger partial charge in [-0.1, -0.05) is 31.5 Å². The van der Waals surface area contributed by atoms with E-state index in [0.717, 1.165) is 44.4 Å². The van der Waals surface area contributed by atoms with Crippen molar-refractivity contribution in [2.45, 2.75) is 45.4 Å². The van der Waals surface area contributed by atoms with Gasteiger partial charge in [0, 0.05) is 39.3 Å². The van der Waals surface area contributed by atoms with Crippen LogP contribution in [0, 0.1) is 5.41 Å². The Balaban J connectivity index is 1.94. The lowest BCUT2D eigenvalue weighted by Gasteiger charge is -2.40. The molecule has 1 aliphatic rings. The van der Waals surface area contributed by atoms with Crippen LogP contribution in [0.3, 0.4) is 0 Å². The molecule has 1 aromatic carbocycles. The second-order valence-electron chi connectivity index (χ2n) is 7.32. The van der Waals surface area contributed by atoms with Crippen LogP contribution >= 0.6 is 0 Å². The van der Waals surface area contributed by atoms with Gasteiger partial charge in [0.05, 0.1) is 7.11 Å². The van der Waals surface area contributed by atoms with Crippen molar-refractivity contribution in [1.82, 2.24) is 10.6 Å². The number of rotatable bonds is 10. The van der Waals surface area contributed by atoms with E-state index in [2.05, 4.69) is 36.6 Å². The first-order valence-corrected chi connectivity index (χ1v) is 9.78. The summed E-state index contributed by atoms with van der Waals surface area (Å²) in [6.07, 6.45) is 4.94. The molecule has 0 bridgehead atoms. The lowest BCUT2D eigenvalue weighted by atomic mass is 9.67. The fourth-order valence-electron chi connectivity index (χ4n) is 3.50. The minimum absolute atomic E-state index is 0.334. The van der Waals surface area contributed by atoms with Crippen molar-refractivity contribution in [3.05, 3.63) is 29.8 Å². The zero-order chi connectivity index (χ0) is 18.8. The SMILES string of the molecule is CCNC(=NCC1(CCOC)CCC1)NCC(C)c1ccccc1OC. The van der Waals surface area contributed by atoms with Crippen molar-refractivity contribution in [1.29, 1.82) is 0 Å². The van der Waals surface area contributed by atoms with Gasteiger partial charge in [-0.15, -0.1) is 0 Å². The zero-order valence-corrected chi connectivity index (χ0v) is 16.8. The highest BCUT2D eigenvalue weighted by molar-refractivity contribution is 5.79. The van der Waals surface area contributed by atoms with Crippen LogP contribution in [-0.4, -0.2) is 46.4 Å². The molecular formula is C21H35N3O2. The molecule has 0 amide bonds. The summed E-state index contributed by atoms with van der Waals surface area (Å²) in [5.74, 6) is 2.18. The van der Waals surface area contributed by atoms with Crippen LogP contribution in [0.1, 0.15) is 51.0 Å². The predicted molar refractivity (Wildman–Crippen MR) is 108 cm³/mol. The number of ether oxygens (including phenoxy) is 2. The van der Waals surface area contributed by atoms with Gasteiger partial charge in [0.25, 0.3) is 0 Å². The van der Waals surface area contributed by atoms with E-state index in [0.29, 0.717) is 11.3 Å². The minimum atomic E-state index is 0.334. The fraction of sp³-hybridized carbons (Fsp3) is 0.667. The first-order valence-electron chi connectivity index (χ1n) is 9.78. The van der Waals surface area contributed by atoms with Crippen LogP contribution in [0.25, 0.3) is 0 Å². The monoisotopic (exact) mass is 361 g/mol. The van der Waals surface area contributed by atoms with Crippen molar-refractivity contribution >= 4 is 5.96 Å². The third-order valence-electron chi connectivity index (χ3n) is 5.41. The van der Waals surface area contributed by atoms with Gasteiger partial charge in [0.1, 0.15) is 5.75 Å². The van der Waals surface area contributed by atoms with Crippen LogP contribution in [0.2, 0.25) is 0 Å². The van der Waals surface area contributed by atoms with Crippen LogP contribution in [-0.2, 0) is 4.74 Å². The maximum atomic E-state index is 5.49. The molecule has 0 radical (unpaired) electrons. The van der Waals surface area contributed by atoms with Crippen LogP contribution < -0.4 is 15.4 Å².